The lowest BCUT2D eigenvalue weighted by Gasteiger charge is -2.24. The molecule has 0 fully saturated rings. The van der Waals surface area contributed by atoms with Gasteiger partial charge in [0.25, 0.3) is 11.5 Å². The number of carbonyl (C=O) groups excluding carboxylic acids is 2. The summed E-state index contributed by atoms with van der Waals surface area (Å²) in [6, 6.07) is 1.86. The molecule has 0 saturated heterocycles. The van der Waals surface area contributed by atoms with Crippen LogP contribution >= 0.6 is 11.3 Å². The fourth-order valence-electron chi connectivity index (χ4n) is 4.04. The number of unbranched alkanes of at least 4 members (excludes halogenated alkanes) is 1. The van der Waals surface area contributed by atoms with Crippen molar-refractivity contribution >= 4 is 34.7 Å². The summed E-state index contributed by atoms with van der Waals surface area (Å²) in [5.74, 6) is -0.597. The van der Waals surface area contributed by atoms with Crippen LogP contribution in [0, 0.1) is 5.92 Å². The van der Waals surface area contributed by atoms with Crippen molar-refractivity contribution in [2.45, 2.75) is 65.8 Å². The molecule has 10 heteroatoms. The van der Waals surface area contributed by atoms with Gasteiger partial charge >= 0.3 is 11.7 Å². The van der Waals surface area contributed by atoms with E-state index in [0.29, 0.717) is 30.2 Å². The summed E-state index contributed by atoms with van der Waals surface area (Å²) in [6.07, 6.45) is 5.01. The molecule has 9 nitrogen and oxygen atoms in total. The van der Waals surface area contributed by atoms with Gasteiger partial charge in [-0.25, -0.2) is 9.59 Å². The van der Waals surface area contributed by atoms with Crippen LogP contribution in [0.4, 0.5) is 11.5 Å². The van der Waals surface area contributed by atoms with Crippen LogP contribution in [0.5, 0.6) is 0 Å². The molecule has 3 rings (SSSR count). The van der Waals surface area contributed by atoms with Gasteiger partial charge in [-0.15, -0.1) is 11.3 Å². The summed E-state index contributed by atoms with van der Waals surface area (Å²) in [7, 11) is 0. The number of amides is 1. The number of aromatic amines is 1. The number of hydrogen-bond acceptors (Lipinski definition) is 7. The van der Waals surface area contributed by atoms with Gasteiger partial charge in [-0.2, -0.15) is 0 Å². The van der Waals surface area contributed by atoms with Gasteiger partial charge in [0.2, 0.25) is 0 Å². The number of nitrogen functional groups attached to an aromatic ring is 1. The van der Waals surface area contributed by atoms with Crippen molar-refractivity contribution in [1.82, 2.24) is 9.55 Å². The Kier molecular flexibility index (Phi) is 8.12. The Hall–Kier alpha value is -2.88. The first kappa shape index (κ1) is 24.8. The third-order valence-electron chi connectivity index (χ3n) is 5.82. The van der Waals surface area contributed by atoms with Crippen LogP contribution in [-0.4, -0.2) is 34.6 Å². The third-order valence-corrected chi connectivity index (χ3v) is 7.04. The molecule has 0 aromatic carbocycles. The van der Waals surface area contributed by atoms with Gasteiger partial charge in [0.05, 0.1) is 0 Å². The zero-order valence-corrected chi connectivity index (χ0v) is 20.3. The van der Waals surface area contributed by atoms with Crippen molar-refractivity contribution < 1.29 is 14.3 Å². The number of esters is 1. The van der Waals surface area contributed by atoms with Gasteiger partial charge in [-0.3, -0.25) is 19.1 Å². The van der Waals surface area contributed by atoms with Crippen LogP contribution in [0.15, 0.2) is 15.7 Å². The van der Waals surface area contributed by atoms with Gasteiger partial charge in [-0.1, -0.05) is 27.2 Å². The summed E-state index contributed by atoms with van der Waals surface area (Å²) >= 11 is 1.42. The lowest BCUT2D eigenvalue weighted by Crippen LogP contribution is -2.43. The Morgan fingerprint density at radius 3 is 2.76 bits per heavy atom. The number of hydrogen-bond donors (Lipinski definition) is 2. The fraction of sp³-hybridized carbons (Fsp3) is 0.565. The second kappa shape index (κ2) is 10.8. The Bertz CT molecular complexity index is 1130. The minimum absolute atomic E-state index is 0.0681. The maximum absolute atomic E-state index is 13.0. The lowest BCUT2D eigenvalue weighted by atomic mass is 9.90. The standard InChI is InChI=1S/C23H32N4O5S/c1-4-6-10-26(19-20(24)27(9-5-2)23(31)25-21(19)29)18(28)13-32-22(30)17-12-15-11-14(3)7-8-16(15)33-17/h12,14H,4-11,13,24H2,1-3H3,(H,25,29,31)/t14-/m0/s1. The molecule has 0 saturated carbocycles. The number of aromatic nitrogens is 2. The molecule has 0 bridgehead atoms. The third kappa shape index (κ3) is 5.55. The highest BCUT2D eigenvalue weighted by molar-refractivity contribution is 7.14. The van der Waals surface area contributed by atoms with E-state index < -0.39 is 29.7 Å². The first-order chi connectivity index (χ1) is 15.8. The Balaban J connectivity index is 1.79. The number of anilines is 2. The normalized spacial score (nSPS) is 15.2. The average Bonchev–Trinajstić information content (AvgIpc) is 3.20. The van der Waals surface area contributed by atoms with Crippen molar-refractivity contribution in [2.75, 3.05) is 23.8 Å². The van der Waals surface area contributed by atoms with E-state index in [1.165, 1.54) is 31.2 Å². The van der Waals surface area contributed by atoms with E-state index >= 15 is 0 Å². The molecule has 1 atom stereocenters. The van der Waals surface area contributed by atoms with Crippen molar-refractivity contribution in [2.24, 2.45) is 5.92 Å². The van der Waals surface area contributed by atoms with E-state index in [0.717, 1.165) is 25.7 Å². The summed E-state index contributed by atoms with van der Waals surface area (Å²) in [6.45, 7) is 6.02. The quantitative estimate of drug-likeness (QED) is 0.536. The maximum atomic E-state index is 13.0. The largest absolute Gasteiger partial charge is 0.451 e. The molecule has 1 amide bonds. The van der Waals surface area contributed by atoms with Gasteiger partial charge in [0.1, 0.15) is 10.7 Å². The maximum Gasteiger partial charge on any atom is 0.348 e. The monoisotopic (exact) mass is 476 g/mol. The minimum Gasteiger partial charge on any atom is -0.451 e. The molecular formula is C23H32N4O5S. The predicted molar refractivity (Wildman–Crippen MR) is 129 cm³/mol. The van der Waals surface area contributed by atoms with Crippen LogP contribution in [0.25, 0.3) is 0 Å². The number of H-pyrrole nitrogens is 1. The van der Waals surface area contributed by atoms with Crippen LogP contribution in [0.2, 0.25) is 0 Å². The van der Waals surface area contributed by atoms with Crippen molar-refractivity contribution in [3.8, 4) is 0 Å². The van der Waals surface area contributed by atoms with Gasteiger partial charge in [0.15, 0.2) is 12.3 Å². The summed E-state index contributed by atoms with van der Waals surface area (Å²) < 4.78 is 6.56. The summed E-state index contributed by atoms with van der Waals surface area (Å²) in [5.41, 5.74) is 5.88. The van der Waals surface area contributed by atoms with E-state index in [1.54, 1.807) is 0 Å². The number of nitrogens with zero attached hydrogens (tertiary/aromatic N) is 2. The highest BCUT2D eigenvalue weighted by atomic mass is 32.1. The molecule has 0 radical (unpaired) electrons. The molecule has 0 aliphatic heterocycles. The number of nitrogens with one attached hydrogen (secondary N) is 1. The molecular weight excluding hydrogens is 444 g/mol. The Morgan fingerprint density at radius 2 is 2.06 bits per heavy atom. The number of rotatable bonds is 9. The first-order valence-electron chi connectivity index (χ1n) is 11.5. The molecule has 1 aliphatic rings. The second-order valence-corrected chi connectivity index (χ2v) is 9.66. The number of ether oxygens (including phenoxy) is 1. The van der Waals surface area contributed by atoms with Gasteiger partial charge < -0.3 is 15.4 Å². The molecule has 2 aromatic heterocycles. The lowest BCUT2D eigenvalue weighted by molar-refractivity contribution is -0.121. The summed E-state index contributed by atoms with van der Waals surface area (Å²) in [4.78, 5) is 55.5. The minimum atomic E-state index is -0.735. The van der Waals surface area contributed by atoms with Crippen LogP contribution in [-0.2, 0) is 28.9 Å². The fourth-order valence-corrected chi connectivity index (χ4v) is 5.15. The zero-order valence-electron chi connectivity index (χ0n) is 19.4. The molecule has 33 heavy (non-hydrogen) atoms. The highest BCUT2D eigenvalue weighted by Gasteiger charge is 2.26. The number of nitrogens with two attached hydrogens (primary N) is 1. The zero-order chi connectivity index (χ0) is 24.1. The van der Waals surface area contributed by atoms with Crippen LogP contribution in [0.3, 0.4) is 0 Å². The molecule has 2 heterocycles. The number of thiophene rings is 1. The Morgan fingerprint density at radius 1 is 1.30 bits per heavy atom. The van der Waals surface area contributed by atoms with Crippen molar-refractivity contribution in [3.63, 3.8) is 0 Å². The van der Waals surface area contributed by atoms with Gasteiger partial charge in [-0.05, 0) is 49.7 Å². The van der Waals surface area contributed by atoms with Gasteiger partial charge in [0, 0.05) is 18.0 Å². The molecule has 180 valence electrons. The molecule has 1 aliphatic carbocycles. The molecule has 3 N–H and O–H groups in total. The number of carbonyl (C=O) groups is 2. The second-order valence-electron chi connectivity index (χ2n) is 8.53. The number of aryl methyl sites for hydroxylation is 1. The molecule has 2 aromatic rings. The van der Waals surface area contributed by atoms with E-state index in [9.17, 15) is 19.2 Å². The first-order valence-corrected chi connectivity index (χ1v) is 12.3. The van der Waals surface area contributed by atoms with Crippen LogP contribution < -0.4 is 21.9 Å². The van der Waals surface area contributed by atoms with Crippen LogP contribution in [0.1, 0.15) is 66.6 Å². The molecule has 0 spiro atoms. The summed E-state index contributed by atoms with van der Waals surface area (Å²) in [5, 5.41) is 0. The smallest absolute Gasteiger partial charge is 0.348 e. The topological polar surface area (TPSA) is 127 Å². The average molecular weight is 477 g/mol. The van der Waals surface area contributed by atoms with Crippen molar-refractivity contribution in [1.29, 1.82) is 0 Å². The van der Waals surface area contributed by atoms with E-state index in [-0.39, 0.29) is 18.1 Å². The predicted octanol–water partition coefficient (Wildman–Crippen LogP) is 2.71. The number of fused-ring (bicyclic) bond motifs is 1. The van der Waals surface area contributed by atoms with Crippen molar-refractivity contribution in [3.05, 3.63) is 42.2 Å². The van der Waals surface area contributed by atoms with E-state index in [1.807, 2.05) is 19.9 Å². The van der Waals surface area contributed by atoms with E-state index in [4.69, 9.17) is 10.5 Å². The SMILES string of the molecule is CCCCN(C(=O)COC(=O)c1cc2c(s1)CC[C@H](C)C2)c1c(N)n(CCC)c(=O)[nH]c1=O. The van der Waals surface area contributed by atoms with E-state index in [2.05, 4.69) is 11.9 Å². The molecule has 0 unspecified atom stereocenters. The Labute approximate surface area is 196 Å². The highest BCUT2D eigenvalue weighted by Crippen LogP contribution is 2.32.